The van der Waals surface area contributed by atoms with Gasteiger partial charge in [-0.2, -0.15) is 9.13 Å². The maximum absolute atomic E-state index is 2.31. The summed E-state index contributed by atoms with van der Waals surface area (Å²) in [7, 11) is 4.33. The number of thiophene rings is 3. The normalized spacial score (nSPS) is 11.8. The van der Waals surface area contributed by atoms with Crippen molar-refractivity contribution in [3.8, 4) is 40.4 Å². The Balaban J connectivity index is 1.12. The topological polar surface area (TPSA) is 7.76 Å². The van der Waals surface area contributed by atoms with Crippen LogP contribution in [-0.4, -0.2) is 0 Å². The highest BCUT2D eigenvalue weighted by Gasteiger charge is 2.22. The van der Waals surface area contributed by atoms with Crippen LogP contribution in [0, 0.1) is 0 Å². The van der Waals surface area contributed by atoms with Gasteiger partial charge in [-0.3, -0.25) is 0 Å². The van der Waals surface area contributed by atoms with Crippen LogP contribution in [0.1, 0.15) is 0 Å². The molecule has 0 N–H and O–H groups in total. The number of hydrogen-bond acceptors (Lipinski definition) is 3. The van der Waals surface area contributed by atoms with Crippen LogP contribution in [-0.2, 0) is 14.1 Å². The van der Waals surface area contributed by atoms with Gasteiger partial charge in [0.2, 0.25) is 22.1 Å². The van der Waals surface area contributed by atoms with Gasteiger partial charge in [0.05, 0.1) is 21.5 Å². The summed E-state index contributed by atoms with van der Waals surface area (Å²) in [6, 6.07) is 48.9. The Morgan fingerprint density at radius 3 is 0.867 bits per heavy atom. The monoisotopic (exact) mass is 632 g/mol. The highest BCUT2D eigenvalue weighted by Crippen LogP contribution is 2.46. The first-order valence-electron chi connectivity index (χ1n) is 15.1. The molecule has 4 aromatic carbocycles. The van der Waals surface area contributed by atoms with Gasteiger partial charge in [0.25, 0.3) is 0 Å². The Morgan fingerprint density at radius 1 is 0.311 bits per heavy atom. The first kappa shape index (κ1) is 26.7. The molecule has 0 aliphatic rings. The highest BCUT2D eigenvalue weighted by atomic mass is 32.1. The van der Waals surface area contributed by atoms with Crippen molar-refractivity contribution in [2.75, 3.05) is 0 Å². The lowest BCUT2D eigenvalue weighted by atomic mass is 10.0. The number of benzene rings is 4. The number of pyridine rings is 2. The van der Waals surface area contributed by atoms with E-state index in [0.29, 0.717) is 0 Å². The molecule has 0 saturated heterocycles. The Labute approximate surface area is 273 Å². The molecule has 5 heterocycles. The molecule has 214 valence electrons. The number of aromatic nitrogens is 2. The lowest BCUT2D eigenvalue weighted by molar-refractivity contribution is -0.617. The van der Waals surface area contributed by atoms with Crippen molar-refractivity contribution in [2.24, 2.45) is 14.1 Å². The van der Waals surface area contributed by atoms with Crippen molar-refractivity contribution < 1.29 is 9.13 Å². The zero-order chi connectivity index (χ0) is 30.1. The molecule has 0 radical (unpaired) electrons. The van der Waals surface area contributed by atoms with Crippen LogP contribution in [0.5, 0.6) is 0 Å². The van der Waals surface area contributed by atoms with Crippen molar-refractivity contribution >= 4 is 77.6 Å². The fourth-order valence-electron chi connectivity index (χ4n) is 6.80. The summed E-state index contributed by atoms with van der Waals surface area (Å²) >= 11 is 5.67. The fourth-order valence-corrected chi connectivity index (χ4v) is 10.1. The SMILES string of the molecule is C[n+]1c2ccccc2c(-c2ccc(-c3ccc(-c4ccc(-c5c6ccccc6[n+](C)c6ccccc56)s4)s3)s2)c2ccccc21. The molecule has 0 saturated carbocycles. The van der Waals surface area contributed by atoms with E-state index in [1.54, 1.807) is 0 Å². The van der Waals surface area contributed by atoms with Gasteiger partial charge < -0.3 is 0 Å². The second kappa shape index (κ2) is 10.5. The first-order chi connectivity index (χ1) is 22.2. The van der Waals surface area contributed by atoms with Gasteiger partial charge in [0.15, 0.2) is 0 Å². The van der Waals surface area contributed by atoms with Crippen LogP contribution in [0.15, 0.2) is 133 Å². The summed E-state index contributed by atoms with van der Waals surface area (Å²) < 4.78 is 4.62. The van der Waals surface area contributed by atoms with Gasteiger partial charge >= 0.3 is 0 Å². The third kappa shape index (κ3) is 4.19. The molecule has 0 atom stereocenters. The van der Waals surface area contributed by atoms with Crippen molar-refractivity contribution in [1.82, 2.24) is 0 Å². The molecular formula is C40H28N2S3+2. The molecule has 0 spiro atoms. The largest absolute Gasteiger partial charge is 0.213 e. The Kier molecular flexibility index (Phi) is 6.20. The van der Waals surface area contributed by atoms with E-state index in [4.69, 9.17) is 0 Å². The summed E-state index contributed by atoms with van der Waals surface area (Å²) in [6.45, 7) is 0. The summed E-state index contributed by atoms with van der Waals surface area (Å²) in [4.78, 5) is 7.87. The summed E-state index contributed by atoms with van der Waals surface area (Å²) in [5.41, 5.74) is 7.65. The van der Waals surface area contributed by atoms with E-state index < -0.39 is 0 Å². The molecule has 0 fully saturated rings. The third-order valence-electron chi connectivity index (χ3n) is 8.94. The zero-order valence-electron chi connectivity index (χ0n) is 24.8. The number of para-hydroxylation sites is 4. The van der Waals surface area contributed by atoms with Gasteiger partial charge in [0, 0.05) is 64.7 Å². The van der Waals surface area contributed by atoms with E-state index >= 15 is 0 Å². The molecule has 0 aliphatic carbocycles. The maximum atomic E-state index is 2.31. The predicted molar refractivity (Wildman–Crippen MR) is 194 cm³/mol. The summed E-state index contributed by atoms with van der Waals surface area (Å²) in [6.07, 6.45) is 0. The van der Waals surface area contributed by atoms with Crippen LogP contribution in [0.3, 0.4) is 0 Å². The second-order valence-electron chi connectivity index (χ2n) is 11.4. The molecule has 5 heteroatoms. The number of nitrogens with zero attached hydrogens (tertiary/aromatic N) is 2. The van der Waals surface area contributed by atoms with Crippen LogP contribution >= 0.6 is 34.0 Å². The van der Waals surface area contributed by atoms with Gasteiger partial charge in [-0.1, -0.05) is 48.5 Å². The standard InChI is InChI=1S/C40H28N2S3/c1-41-29-15-7-3-11-25(29)39(26-12-4-8-16-30(26)41)37-23-21-35(44-37)33-19-20-34(43-33)36-22-24-38(45-36)40-27-13-5-9-17-31(27)42(2)32-18-10-6-14-28(32)40/h3-24H,1-2H3/q+2. The van der Waals surface area contributed by atoms with Crippen molar-refractivity contribution in [3.05, 3.63) is 133 Å². The van der Waals surface area contributed by atoms with Gasteiger partial charge in [-0.25, -0.2) is 0 Å². The Morgan fingerprint density at radius 2 is 0.556 bits per heavy atom. The van der Waals surface area contributed by atoms with E-state index in [9.17, 15) is 0 Å². The van der Waals surface area contributed by atoms with Crippen molar-refractivity contribution in [2.45, 2.75) is 0 Å². The molecule has 2 nitrogen and oxygen atoms in total. The second-order valence-corrected chi connectivity index (χ2v) is 14.7. The predicted octanol–water partition coefficient (Wildman–Crippen LogP) is 10.8. The van der Waals surface area contributed by atoms with E-state index in [-0.39, 0.29) is 0 Å². The molecule has 45 heavy (non-hydrogen) atoms. The molecule has 0 aliphatic heterocycles. The molecule has 0 bridgehead atoms. The quantitative estimate of drug-likeness (QED) is 0.135. The molecule has 0 amide bonds. The van der Waals surface area contributed by atoms with E-state index in [1.165, 1.54) is 84.0 Å². The van der Waals surface area contributed by atoms with E-state index in [2.05, 4.69) is 157 Å². The third-order valence-corrected chi connectivity index (χ3v) is 12.6. The molecular weight excluding hydrogens is 605 g/mol. The first-order valence-corrected chi connectivity index (χ1v) is 17.5. The van der Waals surface area contributed by atoms with E-state index in [0.717, 1.165) is 0 Å². The number of aryl methyl sites for hydroxylation is 2. The van der Waals surface area contributed by atoms with Crippen LogP contribution in [0.4, 0.5) is 0 Å². The molecule has 9 aromatic rings. The van der Waals surface area contributed by atoms with E-state index in [1.807, 2.05) is 34.0 Å². The number of rotatable bonds is 4. The van der Waals surface area contributed by atoms with Crippen LogP contribution in [0.25, 0.3) is 84.0 Å². The van der Waals surface area contributed by atoms with Crippen LogP contribution < -0.4 is 9.13 Å². The Hall–Kier alpha value is -4.68. The molecule has 0 unspecified atom stereocenters. The van der Waals surface area contributed by atoms with Crippen LogP contribution in [0.2, 0.25) is 0 Å². The smallest absolute Gasteiger partial charge is 0.194 e. The number of hydrogen-bond donors (Lipinski definition) is 0. The number of fused-ring (bicyclic) bond motifs is 4. The van der Waals surface area contributed by atoms with Crippen molar-refractivity contribution in [3.63, 3.8) is 0 Å². The minimum Gasteiger partial charge on any atom is -0.194 e. The Bertz CT molecular complexity index is 2290. The minimum absolute atomic E-state index is 1.25. The highest BCUT2D eigenvalue weighted by molar-refractivity contribution is 7.28. The zero-order valence-corrected chi connectivity index (χ0v) is 27.3. The summed E-state index contributed by atoms with van der Waals surface area (Å²) in [5.74, 6) is 0. The summed E-state index contributed by atoms with van der Waals surface area (Å²) in [5, 5.41) is 5.17. The molecule has 5 aromatic heterocycles. The minimum atomic E-state index is 1.25. The van der Waals surface area contributed by atoms with Gasteiger partial charge in [-0.05, 0) is 60.7 Å². The van der Waals surface area contributed by atoms with Gasteiger partial charge in [-0.15, -0.1) is 34.0 Å². The molecule has 9 rings (SSSR count). The maximum Gasteiger partial charge on any atom is 0.213 e. The average Bonchev–Trinajstić information content (AvgIpc) is 3.87. The fraction of sp³-hybridized carbons (Fsp3) is 0.0500. The average molecular weight is 633 g/mol. The van der Waals surface area contributed by atoms with Crippen molar-refractivity contribution in [1.29, 1.82) is 0 Å². The van der Waals surface area contributed by atoms with Gasteiger partial charge in [0.1, 0.15) is 14.1 Å². The lowest BCUT2D eigenvalue weighted by Gasteiger charge is -2.08. The lowest BCUT2D eigenvalue weighted by Crippen LogP contribution is -2.30.